The molecule has 6 heteroatoms. The van der Waals surface area contributed by atoms with Crippen molar-refractivity contribution in [3.8, 4) is 0 Å². The Labute approximate surface area is 178 Å². The topological polar surface area (TPSA) is 57.6 Å². The van der Waals surface area contributed by atoms with E-state index in [1.54, 1.807) is 12.1 Å². The summed E-state index contributed by atoms with van der Waals surface area (Å²) < 4.78 is 13.2. The minimum absolute atomic E-state index is 0.221. The first-order valence-electron chi connectivity index (χ1n) is 9.47. The van der Waals surface area contributed by atoms with Crippen LogP contribution in [-0.4, -0.2) is 16.8 Å². The van der Waals surface area contributed by atoms with Gasteiger partial charge < -0.3 is 10.0 Å². The smallest absolute Gasteiger partial charge is 0.264 e. The van der Waals surface area contributed by atoms with Gasteiger partial charge in [-0.05, 0) is 60.5 Å². The van der Waals surface area contributed by atoms with E-state index in [2.05, 4.69) is 0 Å². The molecule has 0 aromatic heterocycles. The predicted molar refractivity (Wildman–Crippen MR) is 113 cm³/mol. The fourth-order valence-electron chi connectivity index (χ4n) is 3.78. The quantitative estimate of drug-likeness (QED) is 0.600. The number of aryl methyl sites for hydroxylation is 1. The number of carbonyl (C=O) groups excluding carboxylic acids is 2. The van der Waals surface area contributed by atoms with Gasteiger partial charge >= 0.3 is 0 Å². The maximum atomic E-state index is 13.4. The van der Waals surface area contributed by atoms with Crippen LogP contribution in [0.1, 0.15) is 33.5 Å². The van der Waals surface area contributed by atoms with Crippen molar-refractivity contribution in [2.75, 3.05) is 4.90 Å². The van der Waals surface area contributed by atoms with Gasteiger partial charge in [-0.2, -0.15) is 0 Å². The van der Waals surface area contributed by atoms with Gasteiger partial charge in [0.05, 0.1) is 18.7 Å². The molecule has 0 saturated carbocycles. The number of rotatable bonds is 5. The maximum Gasteiger partial charge on any atom is 0.264 e. The molecule has 0 aliphatic carbocycles. The van der Waals surface area contributed by atoms with Crippen LogP contribution in [0.3, 0.4) is 0 Å². The van der Waals surface area contributed by atoms with E-state index in [0.717, 1.165) is 11.1 Å². The van der Waals surface area contributed by atoms with Crippen LogP contribution in [0.4, 0.5) is 10.1 Å². The normalized spacial score (nSPS) is 17.9. The standard InChI is InChI=1S/C24H19ClFNO3/c1-15-4-2-3-5-17(15)14-27-21-11-8-18(25)12-20(21)24(30,23(27)29)13-22(28)16-6-9-19(26)10-7-16/h2-12,30H,13-14H2,1H3/t24-/m0/s1. The van der Waals surface area contributed by atoms with Crippen LogP contribution in [0.5, 0.6) is 0 Å². The highest BCUT2D eigenvalue weighted by atomic mass is 35.5. The van der Waals surface area contributed by atoms with E-state index >= 15 is 0 Å². The lowest BCUT2D eigenvalue weighted by atomic mass is 9.88. The van der Waals surface area contributed by atoms with Gasteiger partial charge in [0.1, 0.15) is 5.82 Å². The molecule has 0 radical (unpaired) electrons. The number of hydrogen-bond acceptors (Lipinski definition) is 3. The van der Waals surface area contributed by atoms with E-state index in [-0.39, 0.29) is 12.1 Å². The fraction of sp³-hybridized carbons (Fsp3) is 0.167. The molecule has 3 aromatic carbocycles. The first-order valence-corrected chi connectivity index (χ1v) is 9.85. The van der Waals surface area contributed by atoms with Crippen molar-refractivity contribution >= 4 is 29.0 Å². The summed E-state index contributed by atoms with van der Waals surface area (Å²) in [5.41, 5.74) is 0.929. The minimum Gasteiger partial charge on any atom is -0.375 e. The summed E-state index contributed by atoms with van der Waals surface area (Å²) in [6.07, 6.45) is -0.463. The fourth-order valence-corrected chi connectivity index (χ4v) is 3.95. The first-order chi connectivity index (χ1) is 14.3. The van der Waals surface area contributed by atoms with Gasteiger partial charge in [0.2, 0.25) is 0 Å². The third-order valence-electron chi connectivity index (χ3n) is 5.47. The Balaban J connectivity index is 1.72. The van der Waals surface area contributed by atoms with Crippen molar-refractivity contribution in [2.24, 2.45) is 0 Å². The number of Topliss-reactive ketones (excluding diaryl/α,β-unsaturated/α-hetero) is 1. The number of carbonyl (C=O) groups is 2. The zero-order valence-corrected chi connectivity index (χ0v) is 17.0. The van der Waals surface area contributed by atoms with Crippen LogP contribution in [0.25, 0.3) is 0 Å². The molecule has 1 aliphatic rings. The Kier molecular flexibility index (Phi) is 5.18. The van der Waals surface area contributed by atoms with Crippen molar-refractivity contribution in [2.45, 2.75) is 25.5 Å². The second-order valence-corrected chi connectivity index (χ2v) is 7.88. The highest BCUT2D eigenvalue weighted by molar-refractivity contribution is 6.31. The Morgan fingerprint density at radius 3 is 2.50 bits per heavy atom. The molecular weight excluding hydrogens is 405 g/mol. The minimum atomic E-state index is -2.05. The van der Waals surface area contributed by atoms with E-state index in [0.29, 0.717) is 16.3 Å². The summed E-state index contributed by atoms with van der Waals surface area (Å²) in [4.78, 5) is 27.6. The van der Waals surface area contributed by atoms with E-state index in [1.807, 2.05) is 31.2 Å². The number of nitrogens with zero attached hydrogens (tertiary/aromatic N) is 1. The second-order valence-electron chi connectivity index (χ2n) is 7.45. The number of fused-ring (bicyclic) bond motifs is 1. The van der Waals surface area contributed by atoms with Gasteiger partial charge in [-0.3, -0.25) is 9.59 Å². The van der Waals surface area contributed by atoms with Gasteiger partial charge in [0.25, 0.3) is 5.91 Å². The monoisotopic (exact) mass is 423 g/mol. The molecule has 1 heterocycles. The van der Waals surface area contributed by atoms with Crippen LogP contribution in [-0.2, 0) is 16.9 Å². The summed E-state index contributed by atoms with van der Waals surface area (Å²) in [6.45, 7) is 2.20. The molecule has 3 aromatic rings. The number of aliphatic hydroxyl groups is 1. The molecule has 0 bridgehead atoms. The molecule has 1 atom stereocenters. The summed E-state index contributed by atoms with van der Waals surface area (Å²) in [6, 6.07) is 17.5. The average Bonchev–Trinajstić information content (AvgIpc) is 2.91. The predicted octanol–water partition coefficient (Wildman–Crippen LogP) is 4.79. The molecule has 1 amide bonds. The Bertz CT molecular complexity index is 1150. The van der Waals surface area contributed by atoms with Crippen molar-refractivity contribution in [3.05, 3.63) is 99.8 Å². The summed E-state index contributed by atoms with van der Waals surface area (Å²) in [5.74, 6) is -1.52. The average molecular weight is 424 g/mol. The van der Waals surface area contributed by atoms with E-state index in [9.17, 15) is 19.1 Å². The molecule has 4 nitrogen and oxygen atoms in total. The number of hydrogen-bond donors (Lipinski definition) is 1. The number of ketones is 1. The highest BCUT2D eigenvalue weighted by Crippen LogP contribution is 2.44. The number of halogens is 2. The van der Waals surface area contributed by atoms with Crippen LogP contribution in [0.15, 0.2) is 66.7 Å². The Morgan fingerprint density at radius 2 is 1.80 bits per heavy atom. The van der Waals surface area contributed by atoms with Crippen molar-refractivity contribution in [1.82, 2.24) is 0 Å². The van der Waals surface area contributed by atoms with Crippen molar-refractivity contribution in [3.63, 3.8) is 0 Å². The zero-order valence-electron chi connectivity index (χ0n) is 16.2. The molecule has 0 spiro atoms. The number of anilines is 1. The van der Waals surface area contributed by atoms with E-state index in [1.165, 1.54) is 35.2 Å². The number of benzene rings is 3. The molecule has 1 aliphatic heterocycles. The van der Waals surface area contributed by atoms with Crippen LogP contribution in [0, 0.1) is 12.7 Å². The molecule has 1 N–H and O–H groups in total. The molecule has 152 valence electrons. The molecule has 4 rings (SSSR count). The Morgan fingerprint density at radius 1 is 1.10 bits per heavy atom. The highest BCUT2D eigenvalue weighted by Gasteiger charge is 2.51. The molecular formula is C24H19ClFNO3. The third kappa shape index (κ3) is 3.51. The summed E-state index contributed by atoms with van der Waals surface area (Å²) in [5, 5.41) is 11.7. The molecule has 0 fully saturated rings. The first kappa shape index (κ1) is 20.3. The van der Waals surface area contributed by atoms with Gasteiger partial charge in [0, 0.05) is 16.1 Å². The lowest BCUT2D eigenvalue weighted by Crippen LogP contribution is -2.41. The van der Waals surface area contributed by atoms with Crippen LogP contribution >= 0.6 is 11.6 Å². The molecule has 30 heavy (non-hydrogen) atoms. The SMILES string of the molecule is Cc1ccccc1CN1C(=O)[C@](O)(CC(=O)c2ccc(F)cc2)c2cc(Cl)ccc21. The Hall–Kier alpha value is -3.02. The largest absolute Gasteiger partial charge is 0.375 e. The van der Waals surface area contributed by atoms with E-state index < -0.39 is 29.5 Å². The molecule has 0 unspecified atom stereocenters. The van der Waals surface area contributed by atoms with Gasteiger partial charge in [-0.1, -0.05) is 35.9 Å². The lowest BCUT2D eigenvalue weighted by molar-refractivity contribution is -0.136. The lowest BCUT2D eigenvalue weighted by Gasteiger charge is -2.23. The summed E-state index contributed by atoms with van der Waals surface area (Å²) >= 11 is 6.13. The zero-order chi connectivity index (χ0) is 21.5. The van der Waals surface area contributed by atoms with E-state index in [4.69, 9.17) is 11.6 Å². The number of amides is 1. The van der Waals surface area contributed by atoms with Crippen molar-refractivity contribution in [1.29, 1.82) is 0 Å². The second kappa shape index (κ2) is 7.67. The maximum absolute atomic E-state index is 13.4. The van der Waals surface area contributed by atoms with Crippen LogP contribution in [0.2, 0.25) is 5.02 Å². The molecule has 0 saturated heterocycles. The summed E-state index contributed by atoms with van der Waals surface area (Å²) in [7, 11) is 0. The van der Waals surface area contributed by atoms with Crippen molar-refractivity contribution < 1.29 is 19.1 Å². The van der Waals surface area contributed by atoms with Crippen LogP contribution < -0.4 is 4.90 Å². The van der Waals surface area contributed by atoms with Gasteiger partial charge in [-0.25, -0.2) is 4.39 Å². The van der Waals surface area contributed by atoms with Gasteiger partial charge in [-0.15, -0.1) is 0 Å². The third-order valence-corrected chi connectivity index (χ3v) is 5.70. The van der Waals surface area contributed by atoms with Gasteiger partial charge in [0.15, 0.2) is 11.4 Å².